The van der Waals surface area contributed by atoms with Gasteiger partial charge in [-0.2, -0.15) is 0 Å². The van der Waals surface area contributed by atoms with Crippen LogP contribution in [-0.2, 0) is 0 Å². The molecule has 0 aliphatic carbocycles. The summed E-state index contributed by atoms with van der Waals surface area (Å²) in [5.74, 6) is 0.151. The molecular formula is C63H50N2. The van der Waals surface area contributed by atoms with E-state index in [9.17, 15) is 0 Å². The third kappa shape index (κ3) is 8.51. The Labute approximate surface area is 382 Å². The molecule has 2 nitrogen and oxygen atoms in total. The van der Waals surface area contributed by atoms with Gasteiger partial charge >= 0.3 is 0 Å². The average Bonchev–Trinajstić information content (AvgIpc) is 3.71. The summed E-state index contributed by atoms with van der Waals surface area (Å²) in [7, 11) is 0. The minimum absolute atomic E-state index is 0.151. The third-order valence-corrected chi connectivity index (χ3v) is 12.4. The molecule has 0 spiro atoms. The van der Waals surface area contributed by atoms with Gasteiger partial charge in [0.1, 0.15) is 0 Å². The lowest BCUT2D eigenvalue weighted by molar-refractivity contribution is 0.936. The van der Waals surface area contributed by atoms with Gasteiger partial charge in [0, 0.05) is 34.3 Å². The molecule has 65 heavy (non-hydrogen) atoms. The van der Waals surface area contributed by atoms with Gasteiger partial charge in [0.15, 0.2) is 0 Å². The predicted octanol–water partition coefficient (Wildman–Crippen LogP) is 16.9. The Morgan fingerprint density at radius 1 is 0.538 bits per heavy atom. The zero-order valence-electron chi connectivity index (χ0n) is 36.8. The molecule has 0 saturated heterocycles. The van der Waals surface area contributed by atoms with Crippen LogP contribution < -0.4 is 5.32 Å². The SMILES string of the molecule is C/C=C\C(=C/C(C)c1cccc(-c2cccc3c2c2ccccc2n3-c2ccccc2)c1)N/C=C/C=C(\C=C/c1cc2ccccc2c2ccccc12)c1cccc(-c2ccccc2)c1. The quantitative estimate of drug-likeness (QED) is 0.0958. The minimum atomic E-state index is 0.151. The Balaban J connectivity index is 0.961. The van der Waals surface area contributed by atoms with Crippen LogP contribution in [0, 0.1) is 0 Å². The number of allylic oxidation sites excluding steroid dienone is 7. The lowest BCUT2D eigenvalue weighted by Crippen LogP contribution is -2.04. The zero-order chi connectivity index (χ0) is 44.0. The summed E-state index contributed by atoms with van der Waals surface area (Å²) in [6, 6.07) is 74.2. The predicted molar refractivity (Wildman–Crippen MR) is 280 cm³/mol. The Hall–Kier alpha value is -8.20. The van der Waals surface area contributed by atoms with Crippen LogP contribution in [0.3, 0.4) is 0 Å². The fourth-order valence-electron chi connectivity index (χ4n) is 9.26. The molecule has 0 fully saturated rings. The summed E-state index contributed by atoms with van der Waals surface area (Å²) in [5, 5.41) is 11.2. The van der Waals surface area contributed by atoms with Crippen molar-refractivity contribution in [3.63, 3.8) is 0 Å². The maximum Gasteiger partial charge on any atom is 0.0547 e. The lowest BCUT2D eigenvalue weighted by Gasteiger charge is -2.13. The van der Waals surface area contributed by atoms with E-state index in [0.717, 1.165) is 22.5 Å². The highest BCUT2D eigenvalue weighted by Crippen LogP contribution is 2.39. The summed E-state index contributed by atoms with van der Waals surface area (Å²) < 4.78 is 2.38. The van der Waals surface area contributed by atoms with Crippen molar-refractivity contribution in [3.8, 4) is 27.9 Å². The minimum Gasteiger partial charge on any atom is -0.362 e. The second-order valence-corrected chi connectivity index (χ2v) is 16.6. The summed E-state index contributed by atoms with van der Waals surface area (Å²) in [5.41, 5.74) is 14.2. The summed E-state index contributed by atoms with van der Waals surface area (Å²) in [6.07, 6.45) is 17.4. The molecule has 9 aromatic carbocycles. The molecule has 1 atom stereocenters. The Morgan fingerprint density at radius 3 is 2.03 bits per heavy atom. The lowest BCUT2D eigenvalue weighted by atomic mass is 9.93. The van der Waals surface area contributed by atoms with Gasteiger partial charge in [0.25, 0.3) is 0 Å². The van der Waals surface area contributed by atoms with Crippen LogP contribution in [0.15, 0.2) is 255 Å². The molecule has 1 heterocycles. The molecule has 10 aromatic rings. The first-order chi connectivity index (χ1) is 32.1. The largest absolute Gasteiger partial charge is 0.362 e. The summed E-state index contributed by atoms with van der Waals surface area (Å²) in [4.78, 5) is 0. The topological polar surface area (TPSA) is 17.0 Å². The van der Waals surface area contributed by atoms with Crippen molar-refractivity contribution in [1.82, 2.24) is 9.88 Å². The Kier molecular flexibility index (Phi) is 11.7. The van der Waals surface area contributed by atoms with Crippen LogP contribution in [0.1, 0.15) is 36.5 Å². The van der Waals surface area contributed by atoms with Gasteiger partial charge in [-0.3, -0.25) is 0 Å². The molecular weight excluding hydrogens is 785 g/mol. The van der Waals surface area contributed by atoms with Crippen molar-refractivity contribution in [3.05, 3.63) is 271 Å². The van der Waals surface area contributed by atoms with E-state index in [1.165, 1.54) is 76.7 Å². The van der Waals surface area contributed by atoms with Crippen LogP contribution in [0.2, 0.25) is 0 Å². The number of hydrogen-bond donors (Lipinski definition) is 1. The molecule has 0 saturated carbocycles. The van der Waals surface area contributed by atoms with E-state index in [1.807, 2.05) is 6.20 Å². The van der Waals surface area contributed by atoms with E-state index in [1.54, 1.807) is 0 Å². The standard InChI is InChI=1S/C63H50N2/c1-3-20-54(41-45(2)48-24-16-27-52(42-48)58-35-18-37-62-63(58)60-34-14-15-36-61(60)65(62)55-29-8-5-9-30-55)64-40-19-28-47(50-26-17-25-49(43-50)46-21-6-4-7-22-46)38-39-53-44-51-23-10-11-31-56(51)59-33-13-12-32-57(53)59/h3-45,64H,1-2H3/b20-3-,39-38-,40-19+,47-28+,54-41+. The van der Waals surface area contributed by atoms with Crippen molar-refractivity contribution in [1.29, 1.82) is 0 Å². The molecule has 0 radical (unpaired) electrons. The molecule has 1 N–H and O–H groups in total. The highest BCUT2D eigenvalue weighted by atomic mass is 15.0. The number of rotatable bonds is 12. The molecule has 0 aliphatic heterocycles. The van der Waals surface area contributed by atoms with Crippen molar-refractivity contribution < 1.29 is 0 Å². The fraction of sp³-hybridized carbons (Fsp3) is 0.0476. The Bertz CT molecular complexity index is 3470. The first kappa shape index (κ1) is 40.8. The van der Waals surface area contributed by atoms with Crippen LogP contribution in [0.5, 0.6) is 0 Å². The number of nitrogens with zero attached hydrogens (tertiary/aromatic N) is 1. The van der Waals surface area contributed by atoms with Crippen molar-refractivity contribution in [2.45, 2.75) is 19.8 Å². The Morgan fingerprint density at radius 2 is 1.20 bits per heavy atom. The van der Waals surface area contributed by atoms with Gasteiger partial charge in [0.05, 0.1) is 11.0 Å². The molecule has 0 amide bonds. The van der Waals surface area contributed by atoms with Gasteiger partial charge in [-0.05, 0) is 122 Å². The number of benzene rings is 9. The highest BCUT2D eigenvalue weighted by molar-refractivity contribution is 6.16. The van der Waals surface area contributed by atoms with Crippen LogP contribution in [-0.4, -0.2) is 4.57 Å². The van der Waals surface area contributed by atoms with Gasteiger partial charge in [-0.1, -0.05) is 207 Å². The summed E-state index contributed by atoms with van der Waals surface area (Å²) >= 11 is 0. The molecule has 0 aliphatic rings. The number of aromatic nitrogens is 1. The first-order valence-electron chi connectivity index (χ1n) is 22.5. The van der Waals surface area contributed by atoms with Crippen molar-refractivity contribution in [2.24, 2.45) is 0 Å². The number of nitrogens with one attached hydrogen (secondary N) is 1. The van der Waals surface area contributed by atoms with Crippen LogP contribution in [0.4, 0.5) is 0 Å². The number of para-hydroxylation sites is 2. The normalized spacial score (nSPS) is 13.0. The molecule has 0 bridgehead atoms. The number of fused-ring (bicyclic) bond motifs is 6. The van der Waals surface area contributed by atoms with Gasteiger partial charge < -0.3 is 9.88 Å². The molecule has 2 heteroatoms. The third-order valence-electron chi connectivity index (χ3n) is 12.4. The van der Waals surface area contributed by atoms with Gasteiger partial charge in [-0.25, -0.2) is 0 Å². The van der Waals surface area contributed by atoms with E-state index in [-0.39, 0.29) is 5.92 Å². The highest BCUT2D eigenvalue weighted by Gasteiger charge is 2.16. The molecule has 1 aromatic heterocycles. The first-order valence-corrected chi connectivity index (χ1v) is 22.5. The molecule has 10 rings (SSSR count). The van der Waals surface area contributed by atoms with Crippen LogP contribution in [0.25, 0.3) is 82.9 Å². The second kappa shape index (κ2) is 18.6. The maximum absolute atomic E-state index is 3.61. The maximum atomic E-state index is 3.61. The monoisotopic (exact) mass is 834 g/mol. The van der Waals surface area contributed by atoms with E-state index in [4.69, 9.17) is 0 Å². The smallest absolute Gasteiger partial charge is 0.0547 e. The van der Waals surface area contributed by atoms with E-state index in [0.29, 0.717) is 0 Å². The van der Waals surface area contributed by atoms with Gasteiger partial charge in [-0.15, -0.1) is 0 Å². The fourth-order valence-corrected chi connectivity index (χ4v) is 9.26. The van der Waals surface area contributed by atoms with E-state index in [2.05, 4.69) is 273 Å². The van der Waals surface area contributed by atoms with Crippen LogP contribution >= 0.6 is 0 Å². The average molecular weight is 835 g/mol. The zero-order valence-corrected chi connectivity index (χ0v) is 36.8. The van der Waals surface area contributed by atoms with Gasteiger partial charge in [0.2, 0.25) is 0 Å². The van der Waals surface area contributed by atoms with Crippen molar-refractivity contribution in [2.75, 3.05) is 0 Å². The van der Waals surface area contributed by atoms with E-state index >= 15 is 0 Å². The van der Waals surface area contributed by atoms with E-state index < -0.39 is 0 Å². The van der Waals surface area contributed by atoms with Crippen molar-refractivity contribution >= 4 is 55.0 Å². The summed E-state index contributed by atoms with van der Waals surface area (Å²) in [6.45, 7) is 4.34. The number of hydrogen-bond acceptors (Lipinski definition) is 1. The molecule has 312 valence electrons. The molecule has 1 unspecified atom stereocenters. The second-order valence-electron chi connectivity index (χ2n) is 16.6.